The van der Waals surface area contributed by atoms with Crippen molar-refractivity contribution in [3.8, 4) is 0 Å². The fraction of sp³-hybridized carbons (Fsp3) is 0.333. The lowest BCUT2D eigenvalue weighted by Crippen LogP contribution is -2.15. The third kappa shape index (κ3) is 2.66. The van der Waals surface area contributed by atoms with Crippen LogP contribution in [-0.4, -0.2) is 6.54 Å². The van der Waals surface area contributed by atoms with Gasteiger partial charge in [0.15, 0.2) is 0 Å². The molecule has 0 unspecified atom stereocenters. The number of hydrogen-bond acceptors (Lipinski definition) is 2. The molecule has 72 valence electrons. The molecule has 1 aromatic rings. The van der Waals surface area contributed by atoms with Crippen molar-refractivity contribution in [2.24, 2.45) is 11.5 Å². The Balaban J connectivity index is 2.88. The van der Waals surface area contributed by atoms with Gasteiger partial charge < -0.3 is 11.5 Å². The van der Waals surface area contributed by atoms with E-state index in [1.807, 2.05) is 0 Å². The van der Waals surface area contributed by atoms with Crippen molar-refractivity contribution in [1.82, 2.24) is 0 Å². The summed E-state index contributed by atoms with van der Waals surface area (Å²) in [6, 6.07) is 3.99. The minimum absolute atomic E-state index is 0.210. The topological polar surface area (TPSA) is 52.0 Å². The molecule has 1 aromatic carbocycles. The lowest BCUT2D eigenvalue weighted by Gasteiger charge is -2.12. The van der Waals surface area contributed by atoms with Crippen molar-refractivity contribution in [3.63, 3.8) is 0 Å². The highest BCUT2D eigenvalue weighted by Gasteiger charge is 2.09. The summed E-state index contributed by atoms with van der Waals surface area (Å²) in [5.74, 6) is -0.353. The Morgan fingerprint density at radius 3 is 2.69 bits per heavy atom. The van der Waals surface area contributed by atoms with E-state index in [2.05, 4.69) is 0 Å². The Morgan fingerprint density at radius 1 is 1.46 bits per heavy atom. The first-order valence-corrected chi connectivity index (χ1v) is 4.43. The van der Waals surface area contributed by atoms with E-state index < -0.39 is 0 Å². The molecule has 4 heteroatoms. The van der Waals surface area contributed by atoms with Crippen LogP contribution in [0.15, 0.2) is 18.2 Å². The maximum absolute atomic E-state index is 12.6. The van der Waals surface area contributed by atoms with Crippen molar-refractivity contribution < 1.29 is 4.39 Å². The molecule has 0 aliphatic heterocycles. The van der Waals surface area contributed by atoms with Crippen molar-refractivity contribution >= 4 is 11.6 Å². The second-order valence-corrected chi connectivity index (χ2v) is 3.26. The third-order valence-electron chi connectivity index (χ3n) is 1.84. The fourth-order valence-corrected chi connectivity index (χ4v) is 1.44. The minimum Gasteiger partial charge on any atom is -0.330 e. The van der Waals surface area contributed by atoms with Crippen molar-refractivity contribution in [2.75, 3.05) is 6.54 Å². The molecular weight excluding hydrogens is 191 g/mol. The van der Waals surface area contributed by atoms with Crippen LogP contribution in [0.25, 0.3) is 0 Å². The standard InChI is InChI=1S/C9H12ClFN2/c10-8-5-6(11)1-2-7(8)9(13)3-4-12/h1-2,5,9H,3-4,12-13H2/t9-/m1/s1. The van der Waals surface area contributed by atoms with Gasteiger partial charge in [0.1, 0.15) is 5.82 Å². The van der Waals surface area contributed by atoms with Crippen LogP contribution in [0.3, 0.4) is 0 Å². The highest BCUT2D eigenvalue weighted by Crippen LogP contribution is 2.23. The molecule has 0 radical (unpaired) electrons. The molecule has 0 amide bonds. The minimum atomic E-state index is -0.353. The van der Waals surface area contributed by atoms with Crippen LogP contribution < -0.4 is 11.5 Å². The molecule has 1 rings (SSSR count). The third-order valence-corrected chi connectivity index (χ3v) is 2.17. The SMILES string of the molecule is NCC[C@@H](N)c1ccc(F)cc1Cl. The molecule has 0 spiro atoms. The first-order chi connectivity index (χ1) is 6.15. The normalized spacial score (nSPS) is 12.9. The lowest BCUT2D eigenvalue weighted by atomic mass is 10.0. The average Bonchev–Trinajstić information content (AvgIpc) is 2.04. The summed E-state index contributed by atoms with van der Waals surface area (Å²) in [5.41, 5.74) is 11.9. The monoisotopic (exact) mass is 202 g/mol. The van der Waals surface area contributed by atoms with E-state index in [0.29, 0.717) is 18.0 Å². The zero-order valence-electron chi connectivity index (χ0n) is 7.13. The van der Waals surface area contributed by atoms with Crippen molar-refractivity contribution in [2.45, 2.75) is 12.5 Å². The van der Waals surface area contributed by atoms with Crippen LogP contribution in [0, 0.1) is 5.82 Å². The summed E-state index contributed by atoms with van der Waals surface area (Å²) < 4.78 is 12.6. The lowest BCUT2D eigenvalue weighted by molar-refractivity contribution is 0.621. The van der Waals surface area contributed by atoms with Gasteiger partial charge in [0.2, 0.25) is 0 Å². The van der Waals surface area contributed by atoms with E-state index in [0.717, 1.165) is 5.56 Å². The van der Waals surface area contributed by atoms with Crippen LogP contribution in [-0.2, 0) is 0 Å². The van der Waals surface area contributed by atoms with Gasteiger partial charge in [0, 0.05) is 11.1 Å². The first kappa shape index (κ1) is 10.4. The predicted molar refractivity (Wildman–Crippen MR) is 52.0 cm³/mol. The summed E-state index contributed by atoms with van der Waals surface area (Å²) in [6.45, 7) is 0.495. The zero-order chi connectivity index (χ0) is 9.84. The van der Waals surface area contributed by atoms with Gasteiger partial charge >= 0.3 is 0 Å². The van der Waals surface area contributed by atoms with E-state index >= 15 is 0 Å². The second-order valence-electron chi connectivity index (χ2n) is 2.85. The predicted octanol–water partition coefficient (Wildman–Crippen LogP) is 1.83. The summed E-state index contributed by atoms with van der Waals surface area (Å²) >= 11 is 5.80. The van der Waals surface area contributed by atoms with E-state index in [1.54, 1.807) is 6.07 Å². The second kappa shape index (κ2) is 4.56. The summed E-state index contributed by atoms with van der Waals surface area (Å²) in [7, 11) is 0. The Bertz CT molecular complexity index is 291. The highest BCUT2D eigenvalue weighted by molar-refractivity contribution is 6.31. The van der Waals surface area contributed by atoms with Gasteiger partial charge in [0.25, 0.3) is 0 Å². The van der Waals surface area contributed by atoms with Gasteiger partial charge in [-0.25, -0.2) is 4.39 Å². The molecule has 0 aliphatic carbocycles. The van der Waals surface area contributed by atoms with E-state index in [1.165, 1.54) is 12.1 Å². The maximum atomic E-state index is 12.6. The molecule has 0 saturated heterocycles. The number of rotatable bonds is 3. The molecule has 1 atom stereocenters. The number of hydrogen-bond donors (Lipinski definition) is 2. The molecule has 4 N–H and O–H groups in total. The van der Waals surface area contributed by atoms with Crippen LogP contribution in [0.2, 0.25) is 5.02 Å². The summed E-state index contributed by atoms with van der Waals surface area (Å²) in [4.78, 5) is 0. The molecule has 0 heterocycles. The number of halogens is 2. The van der Waals surface area contributed by atoms with Gasteiger partial charge in [-0.05, 0) is 30.7 Å². The van der Waals surface area contributed by atoms with Gasteiger partial charge in [-0.15, -0.1) is 0 Å². The van der Waals surface area contributed by atoms with Gasteiger partial charge in [0.05, 0.1) is 0 Å². The fourth-order valence-electron chi connectivity index (χ4n) is 1.14. The number of benzene rings is 1. The molecular formula is C9H12ClFN2. The largest absolute Gasteiger partial charge is 0.330 e. The van der Waals surface area contributed by atoms with E-state index in [9.17, 15) is 4.39 Å². The van der Waals surface area contributed by atoms with Crippen LogP contribution in [0.1, 0.15) is 18.0 Å². The first-order valence-electron chi connectivity index (χ1n) is 4.05. The maximum Gasteiger partial charge on any atom is 0.124 e. The molecule has 0 aromatic heterocycles. The van der Waals surface area contributed by atoms with Gasteiger partial charge in [-0.1, -0.05) is 17.7 Å². The van der Waals surface area contributed by atoms with Gasteiger partial charge in [-0.3, -0.25) is 0 Å². The number of nitrogens with two attached hydrogens (primary N) is 2. The van der Waals surface area contributed by atoms with Crippen LogP contribution in [0.4, 0.5) is 4.39 Å². The molecule has 0 saturated carbocycles. The van der Waals surface area contributed by atoms with E-state index in [4.69, 9.17) is 23.1 Å². The van der Waals surface area contributed by atoms with Crippen LogP contribution >= 0.6 is 11.6 Å². The molecule has 0 aliphatic rings. The summed E-state index contributed by atoms with van der Waals surface area (Å²) in [5, 5.41) is 0.362. The van der Waals surface area contributed by atoms with Crippen molar-refractivity contribution in [1.29, 1.82) is 0 Å². The highest BCUT2D eigenvalue weighted by atomic mass is 35.5. The smallest absolute Gasteiger partial charge is 0.124 e. The average molecular weight is 203 g/mol. The van der Waals surface area contributed by atoms with Crippen LogP contribution in [0.5, 0.6) is 0 Å². The Morgan fingerprint density at radius 2 is 2.15 bits per heavy atom. The van der Waals surface area contributed by atoms with E-state index in [-0.39, 0.29) is 11.9 Å². The Labute approximate surface area is 81.7 Å². The molecule has 13 heavy (non-hydrogen) atoms. The van der Waals surface area contributed by atoms with Gasteiger partial charge in [-0.2, -0.15) is 0 Å². The Kier molecular flexibility index (Phi) is 3.66. The summed E-state index contributed by atoms with van der Waals surface area (Å²) in [6.07, 6.45) is 0.644. The quantitative estimate of drug-likeness (QED) is 0.786. The Hall–Kier alpha value is -0.640. The zero-order valence-corrected chi connectivity index (χ0v) is 7.89. The van der Waals surface area contributed by atoms with Crippen molar-refractivity contribution in [3.05, 3.63) is 34.6 Å². The molecule has 2 nitrogen and oxygen atoms in total. The molecule has 0 fully saturated rings. The molecule has 0 bridgehead atoms.